The predicted octanol–water partition coefficient (Wildman–Crippen LogP) is 19.5. The van der Waals surface area contributed by atoms with E-state index in [-0.39, 0.29) is 0 Å². The average Bonchev–Trinajstić information content (AvgIpc) is 3.89. The molecule has 0 N–H and O–H groups in total. The summed E-state index contributed by atoms with van der Waals surface area (Å²) in [6.45, 7) is 11.2. The molecule has 0 atom stereocenters. The van der Waals surface area contributed by atoms with E-state index < -0.39 is 0 Å². The van der Waals surface area contributed by atoms with E-state index in [1.54, 1.807) is 0 Å². The summed E-state index contributed by atoms with van der Waals surface area (Å²) in [5.41, 5.74) is 18.5. The Hall–Kier alpha value is -10.3. The van der Waals surface area contributed by atoms with Gasteiger partial charge in [-0.1, -0.05) is 158 Å². The van der Waals surface area contributed by atoms with Crippen LogP contribution < -0.4 is 14.7 Å². The first kappa shape index (κ1) is 48.3. The highest BCUT2D eigenvalue weighted by Gasteiger charge is 2.22. The molecule has 378 valence electrons. The van der Waals surface area contributed by atoms with Crippen LogP contribution in [0.2, 0.25) is 0 Å². The molecule has 11 aromatic carbocycles. The smallest absolute Gasteiger partial charge is 0.0973 e. The zero-order valence-corrected chi connectivity index (χ0v) is 44.0. The van der Waals surface area contributed by atoms with Crippen LogP contribution in [0.3, 0.4) is 0 Å². The van der Waals surface area contributed by atoms with Crippen LogP contribution in [0, 0.1) is 6.92 Å². The van der Waals surface area contributed by atoms with E-state index in [9.17, 15) is 0 Å². The molecule has 0 aliphatic heterocycles. The molecule has 2 aromatic heterocycles. The van der Waals surface area contributed by atoms with Gasteiger partial charge in [0.05, 0.1) is 33.6 Å². The van der Waals surface area contributed by atoms with Gasteiger partial charge in [-0.15, -0.1) is 13.2 Å². The number of para-hydroxylation sites is 4. The number of anilines is 8. The number of allylic oxidation sites excluding steroid dienone is 1. The Kier molecular flexibility index (Phi) is 12.9. The van der Waals surface area contributed by atoms with Gasteiger partial charge in [-0.2, -0.15) is 0 Å². The molecular formula is C73H56N6. The highest BCUT2D eigenvalue weighted by molar-refractivity contribution is 5.98. The van der Waals surface area contributed by atoms with Crippen molar-refractivity contribution in [3.05, 3.63) is 297 Å². The van der Waals surface area contributed by atoms with Crippen molar-refractivity contribution in [1.82, 2.24) is 14.5 Å². The molecule has 0 saturated heterocycles. The predicted molar refractivity (Wildman–Crippen MR) is 334 cm³/mol. The zero-order valence-electron chi connectivity index (χ0n) is 44.0. The van der Waals surface area contributed by atoms with Crippen LogP contribution in [0.25, 0.3) is 71.7 Å². The fourth-order valence-corrected chi connectivity index (χ4v) is 11.3. The molecule has 0 fully saturated rings. The lowest BCUT2D eigenvalue weighted by molar-refractivity contribution is 1.08. The van der Waals surface area contributed by atoms with Crippen LogP contribution in [-0.2, 0) is 6.42 Å². The Balaban J connectivity index is 0.864. The topological polar surface area (TPSA) is 40.4 Å². The summed E-state index contributed by atoms with van der Waals surface area (Å²) in [5.74, 6) is 0. The molecule has 0 bridgehead atoms. The minimum absolute atomic E-state index is 0.650. The molecule has 6 nitrogen and oxygen atoms in total. The van der Waals surface area contributed by atoms with Crippen molar-refractivity contribution >= 4 is 89.0 Å². The lowest BCUT2D eigenvalue weighted by atomic mass is 10.0. The van der Waals surface area contributed by atoms with Gasteiger partial charge >= 0.3 is 0 Å². The van der Waals surface area contributed by atoms with Crippen LogP contribution in [0.1, 0.15) is 11.1 Å². The second-order valence-corrected chi connectivity index (χ2v) is 19.9. The summed E-state index contributed by atoms with van der Waals surface area (Å²) in [5, 5.41) is 6.05. The number of hydrogen-bond acceptors (Lipinski definition) is 5. The van der Waals surface area contributed by atoms with Crippen LogP contribution in [0.15, 0.2) is 286 Å². The molecule has 0 saturated carbocycles. The van der Waals surface area contributed by atoms with Gasteiger partial charge in [-0.3, -0.25) is 0 Å². The molecule has 0 spiro atoms. The van der Waals surface area contributed by atoms with E-state index in [4.69, 9.17) is 9.97 Å². The summed E-state index contributed by atoms with van der Waals surface area (Å²) in [6.07, 6.45) is 6.91. The monoisotopic (exact) mass is 1020 g/mol. The minimum Gasteiger partial charge on any atom is -0.337 e. The van der Waals surface area contributed by atoms with Gasteiger partial charge < -0.3 is 19.3 Å². The van der Waals surface area contributed by atoms with Crippen molar-refractivity contribution in [2.75, 3.05) is 21.2 Å². The summed E-state index contributed by atoms with van der Waals surface area (Å²) < 4.78 is 2.33. The van der Waals surface area contributed by atoms with Crippen molar-refractivity contribution in [2.24, 2.45) is 0 Å². The van der Waals surface area contributed by atoms with Gasteiger partial charge in [0, 0.05) is 85.5 Å². The number of nitrogens with zero attached hydrogens (tertiary/aromatic N) is 6. The van der Waals surface area contributed by atoms with Crippen LogP contribution in [0.4, 0.5) is 45.5 Å². The Labute approximate surface area is 461 Å². The van der Waals surface area contributed by atoms with E-state index >= 15 is 0 Å². The van der Waals surface area contributed by atoms with Gasteiger partial charge in [-0.05, 0) is 144 Å². The van der Waals surface area contributed by atoms with Gasteiger partial charge in [0.2, 0.25) is 0 Å². The number of rotatable bonds is 15. The van der Waals surface area contributed by atoms with Crippen LogP contribution >= 0.6 is 0 Å². The SMILES string of the molecule is C=CCc1cc(N(c2ccccc2)c2ccc(-c3nc4ccccc4nc3-c3ccc(N(c4ccccc4)c4ccc5c(c4)c(C)cn5-c4cccc5ccccc45)cc3)cc2)ccc1N(CC=C)c1cccc2ccccc12. The first-order valence-electron chi connectivity index (χ1n) is 26.9. The molecule has 0 unspecified atom stereocenters. The largest absolute Gasteiger partial charge is 0.337 e. The summed E-state index contributed by atoms with van der Waals surface area (Å²) in [4.78, 5) is 17.7. The van der Waals surface area contributed by atoms with Crippen LogP contribution in [0.5, 0.6) is 0 Å². The number of benzene rings is 11. The van der Waals surface area contributed by atoms with Gasteiger partial charge in [0.25, 0.3) is 0 Å². The van der Waals surface area contributed by atoms with Crippen LogP contribution in [-0.4, -0.2) is 21.1 Å². The van der Waals surface area contributed by atoms with E-state index in [2.05, 4.69) is 276 Å². The number of aryl methyl sites for hydroxylation is 1. The number of hydrogen-bond donors (Lipinski definition) is 0. The standard InChI is InChI=1S/C73H56N6/c1-4-20-56-48-61(43-45-68(56)76(47-5-2)69-33-18-23-52-21-12-14-29-63(52)69)78(57-25-8-6-9-26-57)59-39-35-54(36-40-59)72-73(75-67-32-17-16-31-66(67)74-72)55-37-41-60(42-38-55)79(58-27-10-7-11-28-58)62-44-46-71-65(49-62)51(3)50-77(71)70-34-19-24-53-22-13-15-30-64(53)70/h4-19,21-46,48-50H,1-2,20,47H2,3H3. The number of aromatic nitrogens is 3. The molecule has 13 aromatic rings. The zero-order chi connectivity index (χ0) is 53.2. The summed E-state index contributed by atoms with van der Waals surface area (Å²) in [6, 6.07) is 90.6. The van der Waals surface area contributed by atoms with Crippen molar-refractivity contribution in [3.8, 4) is 28.2 Å². The third-order valence-electron chi connectivity index (χ3n) is 15.0. The molecule has 0 radical (unpaired) electrons. The Morgan fingerprint density at radius 2 is 0.911 bits per heavy atom. The van der Waals surface area contributed by atoms with Crippen molar-refractivity contribution in [1.29, 1.82) is 0 Å². The van der Waals surface area contributed by atoms with Gasteiger partial charge in [0.15, 0.2) is 0 Å². The molecule has 13 rings (SSSR count). The Morgan fingerprint density at radius 3 is 1.52 bits per heavy atom. The molecule has 0 amide bonds. The Bertz CT molecular complexity index is 4360. The van der Waals surface area contributed by atoms with Gasteiger partial charge in [-0.25, -0.2) is 9.97 Å². The van der Waals surface area contributed by atoms with Crippen molar-refractivity contribution in [2.45, 2.75) is 13.3 Å². The number of fused-ring (bicyclic) bond motifs is 4. The maximum atomic E-state index is 5.35. The average molecular weight is 1020 g/mol. The minimum atomic E-state index is 0.650. The first-order chi connectivity index (χ1) is 39.0. The van der Waals surface area contributed by atoms with E-state index in [0.717, 1.165) is 84.6 Å². The second kappa shape index (κ2) is 21.0. The van der Waals surface area contributed by atoms with E-state index in [1.807, 2.05) is 36.4 Å². The molecule has 6 heteroatoms. The molecule has 2 heterocycles. The van der Waals surface area contributed by atoms with Crippen molar-refractivity contribution < 1.29 is 0 Å². The maximum Gasteiger partial charge on any atom is 0.0973 e. The summed E-state index contributed by atoms with van der Waals surface area (Å²) in [7, 11) is 0. The quantitative estimate of drug-likeness (QED) is 0.0957. The Morgan fingerprint density at radius 1 is 0.418 bits per heavy atom. The van der Waals surface area contributed by atoms with Gasteiger partial charge in [0.1, 0.15) is 0 Å². The maximum absolute atomic E-state index is 5.35. The highest BCUT2D eigenvalue weighted by atomic mass is 15.2. The summed E-state index contributed by atoms with van der Waals surface area (Å²) >= 11 is 0. The third-order valence-corrected chi connectivity index (χ3v) is 15.0. The highest BCUT2D eigenvalue weighted by Crippen LogP contribution is 2.43. The fourth-order valence-electron chi connectivity index (χ4n) is 11.3. The lowest BCUT2D eigenvalue weighted by Gasteiger charge is -2.30. The van der Waals surface area contributed by atoms with Crippen molar-refractivity contribution in [3.63, 3.8) is 0 Å². The van der Waals surface area contributed by atoms with E-state index in [0.29, 0.717) is 13.0 Å². The fraction of sp³-hybridized carbons (Fsp3) is 0.0411. The lowest BCUT2D eigenvalue weighted by Crippen LogP contribution is -2.19. The molecule has 0 aliphatic carbocycles. The normalized spacial score (nSPS) is 11.3. The first-order valence-corrected chi connectivity index (χ1v) is 26.9. The second-order valence-electron chi connectivity index (χ2n) is 19.9. The third kappa shape index (κ3) is 9.15. The molecule has 0 aliphatic rings. The molecular weight excluding hydrogens is 961 g/mol. The van der Waals surface area contributed by atoms with E-state index in [1.165, 1.54) is 43.7 Å². The molecule has 79 heavy (non-hydrogen) atoms.